The minimum Gasteiger partial charge on any atom is -0.497 e. The van der Waals surface area contributed by atoms with E-state index in [9.17, 15) is 9.59 Å². The van der Waals surface area contributed by atoms with E-state index in [1.54, 1.807) is 23.7 Å². The highest BCUT2D eigenvalue weighted by Gasteiger charge is 2.31. The molecule has 2 aromatic rings. The molecule has 2 heterocycles. The summed E-state index contributed by atoms with van der Waals surface area (Å²) < 4.78 is 7.06. The number of likely N-dealkylation sites (tertiary alicyclic amines) is 1. The SMILES string of the molecule is C=CC(=O)N1CC[C@H](n2nc(C#Cc3cc(CC)cc(OC)c3)c(C(N)=O)c2NC)C1. The van der Waals surface area contributed by atoms with E-state index in [4.69, 9.17) is 10.5 Å². The van der Waals surface area contributed by atoms with Crippen molar-refractivity contribution in [1.82, 2.24) is 14.7 Å². The van der Waals surface area contributed by atoms with Gasteiger partial charge >= 0.3 is 0 Å². The second kappa shape index (κ2) is 9.39. The minimum atomic E-state index is -0.614. The first-order valence-electron chi connectivity index (χ1n) is 10.1. The van der Waals surface area contributed by atoms with Crippen LogP contribution in [-0.2, 0) is 11.2 Å². The van der Waals surface area contributed by atoms with Crippen molar-refractivity contribution in [3.8, 4) is 17.6 Å². The summed E-state index contributed by atoms with van der Waals surface area (Å²) in [5, 5.41) is 7.61. The van der Waals surface area contributed by atoms with Gasteiger partial charge in [-0.25, -0.2) is 4.68 Å². The Morgan fingerprint density at radius 3 is 2.77 bits per heavy atom. The molecule has 8 heteroatoms. The molecular formula is C23H27N5O3. The Hall–Kier alpha value is -3.73. The van der Waals surface area contributed by atoms with Gasteiger partial charge in [0, 0.05) is 25.7 Å². The van der Waals surface area contributed by atoms with Crippen LogP contribution in [0, 0.1) is 11.8 Å². The summed E-state index contributed by atoms with van der Waals surface area (Å²) in [5.41, 5.74) is 8.05. The van der Waals surface area contributed by atoms with E-state index in [0.29, 0.717) is 31.0 Å². The van der Waals surface area contributed by atoms with Crippen LogP contribution in [0.2, 0.25) is 0 Å². The molecule has 0 aliphatic carbocycles. The Labute approximate surface area is 182 Å². The van der Waals surface area contributed by atoms with Crippen LogP contribution in [0.5, 0.6) is 5.75 Å². The van der Waals surface area contributed by atoms with Gasteiger partial charge in [-0.2, -0.15) is 5.10 Å². The predicted octanol–water partition coefficient (Wildman–Crippen LogP) is 1.95. The molecule has 8 nitrogen and oxygen atoms in total. The molecule has 0 radical (unpaired) electrons. The number of benzene rings is 1. The van der Waals surface area contributed by atoms with Crippen LogP contribution in [0.3, 0.4) is 0 Å². The maximum Gasteiger partial charge on any atom is 0.255 e. The highest BCUT2D eigenvalue weighted by atomic mass is 16.5. The molecule has 3 rings (SSSR count). The topological polar surface area (TPSA) is 102 Å². The Kier molecular flexibility index (Phi) is 6.65. The molecule has 1 aliphatic heterocycles. The number of nitrogens with two attached hydrogens (primary N) is 1. The average Bonchev–Trinajstić information content (AvgIpc) is 3.41. The van der Waals surface area contributed by atoms with Gasteiger partial charge in [0.25, 0.3) is 5.91 Å². The molecule has 2 amide bonds. The highest BCUT2D eigenvalue weighted by Crippen LogP contribution is 2.29. The zero-order valence-electron chi connectivity index (χ0n) is 18.1. The van der Waals surface area contributed by atoms with Crippen molar-refractivity contribution < 1.29 is 14.3 Å². The second-order valence-corrected chi connectivity index (χ2v) is 7.24. The largest absolute Gasteiger partial charge is 0.497 e. The van der Waals surface area contributed by atoms with Crippen LogP contribution in [0.15, 0.2) is 30.9 Å². The molecule has 0 spiro atoms. The van der Waals surface area contributed by atoms with E-state index in [1.165, 1.54) is 6.08 Å². The first-order chi connectivity index (χ1) is 14.9. The summed E-state index contributed by atoms with van der Waals surface area (Å²) in [7, 11) is 3.31. The Morgan fingerprint density at radius 2 is 2.16 bits per heavy atom. The summed E-state index contributed by atoms with van der Waals surface area (Å²) in [6.07, 6.45) is 2.85. The van der Waals surface area contributed by atoms with E-state index in [2.05, 4.69) is 35.8 Å². The molecule has 0 unspecified atom stereocenters. The first-order valence-corrected chi connectivity index (χ1v) is 10.1. The second-order valence-electron chi connectivity index (χ2n) is 7.24. The van der Waals surface area contributed by atoms with Crippen molar-refractivity contribution in [3.05, 3.63) is 53.2 Å². The van der Waals surface area contributed by atoms with Gasteiger partial charge in [-0.3, -0.25) is 9.59 Å². The third kappa shape index (κ3) is 4.56. The van der Waals surface area contributed by atoms with Crippen LogP contribution >= 0.6 is 0 Å². The third-order valence-corrected chi connectivity index (χ3v) is 5.32. The van der Waals surface area contributed by atoms with Crippen molar-refractivity contribution in [2.75, 3.05) is 32.6 Å². The molecule has 1 aromatic carbocycles. The molecule has 1 aromatic heterocycles. The average molecular weight is 422 g/mol. The van der Waals surface area contributed by atoms with Gasteiger partial charge < -0.3 is 20.7 Å². The number of anilines is 1. The molecular weight excluding hydrogens is 394 g/mol. The van der Waals surface area contributed by atoms with Gasteiger partial charge in [-0.15, -0.1) is 0 Å². The van der Waals surface area contributed by atoms with E-state index in [-0.39, 0.29) is 17.5 Å². The number of primary amides is 1. The maximum atomic E-state index is 12.2. The van der Waals surface area contributed by atoms with Crippen molar-refractivity contribution in [3.63, 3.8) is 0 Å². The summed E-state index contributed by atoms with van der Waals surface area (Å²) in [4.78, 5) is 25.9. The molecule has 1 aliphatic rings. The van der Waals surface area contributed by atoms with Gasteiger partial charge in [0.1, 0.15) is 17.1 Å². The number of nitrogens with one attached hydrogen (secondary N) is 1. The van der Waals surface area contributed by atoms with Gasteiger partial charge in [-0.05, 0) is 48.6 Å². The van der Waals surface area contributed by atoms with Gasteiger partial charge in [0.05, 0.1) is 13.2 Å². The van der Waals surface area contributed by atoms with Crippen LogP contribution in [0.25, 0.3) is 0 Å². The van der Waals surface area contributed by atoms with E-state index >= 15 is 0 Å². The summed E-state index contributed by atoms with van der Waals surface area (Å²) in [6.45, 7) is 6.66. The number of amides is 2. The van der Waals surface area contributed by atoms with Crippen molar-refractivity contribution in [1.29, 1.82) is 0 Å². The molecule has 0 saturated carbocycles. The van der Waals surface area contributed by atoms with Crippen molar-refractivity contribution >= 4 is 17.6 Å². The number of hydrogen-bond acceptors (Lipinski definition) is 5. The van der Waals surface area contributed by atoms with Crippen LogP contribution < -0.4 is 15.8 Å². The molecule has 1 atom stereocenters. The standard InChI is InChI=1S/C23H27N5O3/c1-5-15-11-16(13-18(12-15)31-4)7-8-19-21(22(24)30)23(25-3)28(26-19)17-9-10-27(14-17)20(29)6-2/h6,11-13,17,25H,2,5,9-10,14H2,1,3-4H3,(H2,24,30)/t17-/m0/s1. The number of nitrogens with zero attached hydrogens (tertiary/aromatic N) is 3. The Balaban J connectivity index is 2.01. The zero-order valence-corrected chi connectivity index (χ0v) is 18.1. The first kappa shape index (κ1) is 22.0. The zero-order chi connectivity index (χ0) is 22.5. The molecule has 162 valence electrons. The lowest BCUT2D eigenvalue weighted by Gasteiger charge is -2.16. The van der Waals surface area contributed by atoms with Crippen molar-refractivity contribution in [2.24, 2.45) is 5.73 Å². The van der Waals surface area contributed by atoms with E-state index < -0.39 is 5.91 Å². The van der Waals surface area contributed by atoms with Crippen LogP contribution in [-0.4, -0.2) is 53.7 Å². The lowest BCUT2D eigenvalue weighted by molar-refractivity contribution is -0.125. The fraction of sp³-hybridized carbons (Fsp3) is 0.348. The number of ether oxygens (including phenoxy) is 1. The Morgan fingerprint density at radius 1 is 1.39 bits per heavy atom. The smallest absolute Gasteiger partial charge is 0.255 e. The third-order valence-electron chi connectivity index (χ3n) is 5.32. The fourth-order valence-electron chi connectivity index (χ4n) is 3.72. The summed E-state index contributed by atoms with van der Waals surface area (Å²) >= 11 is 0. The van der Waals surface area contributed by atoms with Gasteiger partial charge in [0.2, 0.25) is 5.91 Å². The molecule has 3 N–H and O–H groups in total. The minimum absolute atomic E-state index is 0.0940. The van der Waals surface area contributed by atoms with Gasteiger partial charge in [-0.1, -0.05) is 19.4 Å². The number of methoxy groups -OCH3 is 1. The fourth-order valence-corrected chi connectivity index (χ4v) is 3.72. The van der Waals surface area contributed by atoms with Crippen LogP contribution in [0.1, 0.15) is 46.6 Å². The number of aryl methyl sites for hydroxylation is 1. The summed E-state index contributed by atoms with van der Waals surface area (Å²) in [5.74, 6) is 6.56. The van der Waals surface area contributed by atoms with Gasteiger partial charge in [0.15, 0.2) is 5.69 Å². The van der Waals surface area contributed by atoms with Crippen LogP contribution in [0.4, 0.5) is 5.82 Å². The number of rotatable bonds is 6. The summed E-state index contributed by atoms with van der Waals surface area (Å²) in [6, 6.07) is 5.68. The highest BCUT2D eigenvalue weighted by molar-refractivity contribution is 6.00. The Bertz CT molecular complexity index is 1050. The number of carbonyl (C=O) groups excluding carboxylic acids is 2. The van der Waals surface area contributed by atoms with E-state index in [0.717, 1.165) is 23.3 Å². The normalized spacial score (nSPS) is 15.2. The van der Waals surface area contributed by atoms with E-state index in [1.807, 2.05) is 18.2 Å². The molecule has 31 heavy (non-hydrogen) atoms. The maximum absolute atomic E-state index is 12.2. The predicted molar refractivity (Wildman–Crippen MR) is 119 cm³/mol. The lowest BCUT2D eigenvalue weighted by atomic mass is 10.1. The monoisotopic (exact) mass is 421 g/mol. The number of carbonyl (C=O) groups is 2. The number of hydrogen-bond donors (Lipinski definition) is 2. The molecule has 0 bridgehead atoms. The quantitative estimate of drug-likeness (QED) is 0.548. The lowest BCUT2D eigenvalue weighted by Crippen LogP contribution is -2.27. The number of aromatic nitrogens is 2. The molecule has 1 fully saturated rings. The van der Waals surface area contributed by atoms with Crippen molar-refractivity contribution in [2.45, 2.75) is 25.8 Å². The molecule has 1 saturated heterocycles.